The Bertz CT molecular complexity index is 1630. The van der Waals surface area contributed by atoms with Gasteiger partial charge in [-0.25, -0.2) is 9.97 Å². The third-order valence-corrected chi connectivity index (χ3v) is 10.3. The summed E-state index contributed by atoms with van der Waals surface area (Å²) in [5.41, 5.74) is 6.01. The number of benzene rings is 1. The summed E-state index contributed by atoms with van der Waals surface area (Å²) >= 11 is 0. The molecule has 2 aliphatic heterocycles. The summed E-state index contributed by atoms with van der Waals surface area (Å²) in [6, 6.07) is 9.99. The number of anilines is 2. The first-order chi connectivity index (χ1) is 21.5. The average molecular weight is 597 g/mol. The molecule has 0 bridgehead atoms. The van der Waals surface area contributed by atoms with Crippen LogP contribution in [0.3, 0.4) is 0 Å². The van der Waals surface area contributed by atoms with Crippen LogP contribution in [-0.2, 0) is 11.2 Å². The summed E-state index contributed by atoms with van der Waals surface area (Å²) in [6.45, 7) is 7.12. The SMILES string of the molecule is CC1c2c([nH]c3nnc(-c4ccccc4O)cc23)CCN1c1ncc(N2CCN(C3CC4(CC(C=O)C4)C3)CC2)cn1.CO. The predicted octanol–water partition coefficient (Wildman–Crippen LogP) is 3.73. The van der Waals surface area contributed by atoms with E-state index >= 15 is 0 Å². The van der Waals surface area contributed by atoms with Gasteiger partial charge in [-0.15, -0.1) is 10.2 Å². The molecule has 3 fully saturated rings. The Balaban J connectivity index is 0.00000153. The quantitative estimate of drug-likeness (QED) is 0.293. The number of aromatic amines is 1. The maximum Gasteiger partial charge on any atom is 0.225 e. The van der Waals surface area contributed by atoms with Crippen LogP contribution in [0.15, 0.2) is 42.7 Å². The second-order valence-corrected chi connectivity index (χ2v) is 12.8. The van der Waals surface area contributed by atoms with Gasteiger partial charge in [-0.05, 0) is 56.2 Å². The number of rotatable bonds is 5. The Hall–Kier alpha value is -4.09. The number of fused-ring (bicyclic) bond motifs is 3. The van der Waals surface area contributed by atoms with E-state index < -0.39 is 0 Å². The van der Waals surface area contributed by atoms with Crippen molar-refractivity contribution in [3.05, 3.63) is 54.0 Å². The molecule has 1 aromatic carbocycles. The molecule has 0 amide bonds. The van der Waals surface area contributed by atoms with E-state index in [1.807, 2.05) is 30.6 Å². The van der Waals surface area contributed by atoms with E-state index in [0.717, 1.165) is 88.1 Å². The summed E-state index contributed by atoms with van der Waals surface area (Å²) in [6.07, 6.45) is 10.7. The van der Waals surface area contributed by atoms with Gasteiger partial charge in [0.2, 0.25) is 5.95 Å². The number of aliphatic hydroxyl groups excluding tert-OH is 1. The van der Waals surface area contributed by atoms with Crippen LogP contribution in [0.2, 0.25) is 0 Å². The molecule has 2 saturated carbocycles. The second kappa shape index (κ2) is 11.4. The number of carbonyl (C=O) groups is 1. The van der Waals surface area contributed by atoms with Gasteiger partial charge >= 0.3 is 0 Å². The Morgan fingerprint density at radius 3 is 2.41 bits per heavy atom. The molecule has 1 atom stereocenters. The summed E-state index contributed by atoms with van der Waals surface area (Å²) in [4.78, 5) is 31.5. The van der Waals surface area contributed by atoms with Gasteiger partial charge in [0.15, 0.2) is 5.65 Å². The van der Waals surface area contributed by atoms with Crippen molar-refractivity contribution in [1.29, 1.82) is 0 Å². The smallest absolute Gasteiger partial charge is 0.225 e. The molecule has 2 aliphatic carbocycles. The fourth-order valence-electron chi connectivity index (χ4n) is 8.06. The summed E-state index contributed by atoms with van der Waals surface area (Å²) < 4.78 is 0. The number of H-pyrrole nitrogens is 1. The molecule has 1 unspecified atom stereocenters. The van der Waals surface area contributed by atoms with Gasteiger partial charge in [0.25, 0.3) is 0 Å². The molecule has 1 saturated heterocycles. The van der Waals surface area contributed by atoms with Crippen LogP contribution >= 0.6 is 0 Å². The highest BCUT2D eigenvalue weighted by Gasteiger charge is 2.54. The number of piperazine rings is 1. The number of phenolic OH excluding ortho intramolecular Hbond substituents is 1. The highest BCUT2D eigenvalue weighted by atomic mass is 16.3. The predicted molar refractivity (Wildman–Crippen MR) is 169 cm³/mol. The van der Waals surface area contributed by atoms with E-state index in [1.54, 1.807) is 12.1 Å². The third kappa shape index (κ3) is 4.88. The van der Waals surface area contributed by atoms with Crippen LogP contribution in [0.5, 0.6) is 5.75 Å². The lowest BCUT2D eigenvalue weighted by atomic mass is 9.50. The molecule has 8 rings (SSSR count). The van der Waals surface area contributed by atoms with Crippen LogP contribution in [0.4, 0.5) is 11.6 Å². The fourth-order valence-corrected chi connectivity index (χ4v) is 8.06. The Kier molecular flexibility index (Phi) is 7.45. The number of phenols is 1. The minimum Gasteiger partial charge on any atom is -0.507 e. The van der Waals surface area contributed by atoms with Crippen LogP contribution in [0, 0.1) is 11.3 Å². The number of hydrogen-bond acceptors (Lipinski definition) is 10. The van der Waals surface area contributed by atoms with Gasteiger partial charge in [0.05, 0.1) is 29.8 Å². The third-order valence-electron chi connectivity index (χ3n) is 10.3. The Labute approximate surface area is 256 Å². The van der Waals surface area contributed by atoms with Gasteiger partial charge in [0.1, 0.15) is 12.0 Å². The first-order valence-electron chi connectivity index (χ1n) is 15.6. The molecule has 44 heavy (non-hydrogen) atoms. The minimum absolute atomic E-state index is 0.0570. The maximum atomic E-state index is 11.0. The zero-order valence-electron chi connectivity index (χ0n) is 25.4. The second-order valence-electron chi connectivity index (χ2n) is 12.8. The molecule has 1 spiro atoms. The van der Waals surface area contributed by atoms with Crippen molar-refractivity contribution in [1.82, 2.24) is 30.0 Å². The van der Waals surface area contributed by atoms with E-state index in [1.165, 1.54) is 24.1 Å². The number of hydrogen-bond donors (Lipinski definition) is 3. The topological polar surface area (TPSA) is 135 Å². The molecule has 11 nitrogen and oxygen atoms in total. The van der Waals surface area contributed by atoms with Crippen molar-refractivity contribution in [2.24, 2.45) is 11.3 Å². The number of para-hydroxylation sites is 1. The van der Waals surface area contributed by atoms with Crippen molar-refractivity contribution in [3.63, 3.8) is 0 Å². The molecule has 0 radical (unpaired) electrons. The molecule has 4 aliphatic rings. The molecule has 4 aromatic rings. The van der Waals surface area contributed by atoms with Gasteiger partial charge in [-0.3, -0.25) is 4.90 Å². The fraction of sp³-hybridized carbons (Fsp3) is 0.485. The van der Waals surface area contributed by atoms with Crippen molar-refractivity contribution in [2.45, 2.75) is 51.1 Å². The van der Waals surface area contributed by atoms with Gasteiger partial charge in [-0.2, -0.15) is 0 Å². The zero-order valence-corrected chi connectivity index (χ0v) is 25.4. The largest absolute Gasteiger partial charge is 0.507 e. The van der Waals surface area contributed by atoms with Crippen LogP contribution < -0.4 is 9.80 Å². The number of nitrogens with one attached hydrogen (secondary N) is 1. The molecule has 5 heterocycles. The molecule has 11 heteroatoms. The average Bonchev–Trinajstić information content (AvgIpc) is 3.40. The molecule has 3 N–H and O–H groups in total. The highest BCUT2D eigenvalue weighted by molar-refractivity contribution is 5.86. The zero-order chi connectivity index (χ0) is 30.4. The van der Waals surface area contributed by atoms with Crippen molar-refractivity contribution < 1.29 is 15.0 Å². The number of aliphatic hydroxyl groups is 1. The van der Waals surface area contributed by atoms with E-state index in [0.29, 0.717) is 28.6 Å². The summed E-state index contributed by atoms with van der Waals surface area (Å²) in [5.74, 6) is 1.25. The molecule has 230 valence electrons. The Morgan fingerprint density at radius 1 is 0.977 bits per heavy atom. The minimum atomic E-state index is 0.0570. The lowest BCUT2D eigenvalue weighted by Crippen LogP contribution is -2.60. The van der Waals surface area contributed by atoms with Crippen LogP contribution in [-0.4, -0.2) is 92.4 Å². The summed E-state index contributed by atoms with van der Waals surface area (Å²) in [5, 5.41) is 27.2. The van der Waals surface area contributed by atoms with Gasteiger partial charge in [-0.1, -0.05) is 12.1 Å². The number of carbonyl (C=O) groups excluding carboxylic acids is 1. The van der Waals surface area contributed by atoms with Gasteiger partial charge < -0.3 is 29.8 Å². The van der Waals surface area contributed by atoms with Crippen LogP contribution in [0.25, 0.3) is 22.3 Å². The lowest BCUT2D eigenvalue weighted by Gasteiger charge is -2.60. The first-order valence-corrected chi connectivity index (χ1v) is 15.6. The lowest BCUT2D eigenvalue weighted by molar-refractivity contribution is -0.129. The van der Waals surface area contributed by atoms with E-state index in [4.69, 9.17) is 15.1 Å². The Morgan fingerprint density at radius 2 is 1.70 bits per heavy atom. The van der Waals surface area contributed by atoms with E-state index in [2.05, 4.69) is 36.8 Å². The van der Waals surface area contributed by atoms with Crippen molar-refractivity contribution in [2.75, 3.05) is 49.6 Å². The van der Waals surface area contributed by atoms with Crippen molar-refractivity contribution in [3.8, 4) is 17.0 Å². The normalized spacial score (nSPS) is 26.4. The molecular formula is C33H40N8O3. The monoisotopic (exact) mass is 596 g/mol. The first kappa shape index (κ1) is 28.7. The number of aromatic nitrogens is 5. The van der Waals surface area contributed by atoms with Gasteiger partial charge in [0, 0.05) is 80.4 Å². The number of nitrogens with zero attached hydrogens (tertiary/aromatic N) is 7. The number of aromatic hydroxyl groups is 1. The van der Waals surface area contributed by atoms with Crippen molar-refractivity contribution >= 4 is 29.0 Å². The highest BCUT2D eigenvalue weighted by Crippen LogP contribution is 2.59. The molecular weight excluding hydrogens is 556 g/mol. The molecule has 3 aromatic heterocycles. The standard InChI is InChI=1S/C32H36N8O2.CH4O/c1-20-29-25-12-27(24-4-2-3-5-28(24)42)36-37-30(25)35-26(29)6-7-40(20)31-33-17-23(18-34-31)39-10-8-38(9-11-39)22-15-32(16-22)13-21(14-32)19-41;1-2/h2-5,12,17-22,42H,6-11,13-16H2,1H3,(H,35,37);2H,1H3. The van der Waals surface area contributed by atoms with E-state index in [-0.39, 0.29) is 11.8 Å². The van der Waals surface area contributed by atoms with E-state index in [9.17, 15) is 9.90 Å². The van der Waals surface area contributed by atoms with Crippen LogP contribution in [0.1, 0.15) is 49.9 Å². The maximum absolute atomic E-state index is 11.0. The summed E-state index contributed by atoms with van der Waals surface area (Å²) in [7, 11) is 1.00. The number of aldehydes is 1.